The molecule has 3 rings (SSSR count). The van der Waals surface area contributed by atoms with Crippen molar-refractivity contribution in [2.45, 2.75) is 44.1 Å². The molecule has 2 aliphatic carbocycles. The summed E-state index contributed by atoms with van der Waals surface area (Å²) >= 11 is 6.32. The first-order chi connectivity index (χ1) is 8.15. The molecule has 2 aliphatic rings. The normalized spacial score (nSPS) is 20.9. The Bertz CT molecular complexity index is 466. The van der Waals surface area contributed by atoms with Crippen LogP contribution in [0, 0.1) is 0 Å². The summed E-state index contributed by atoms with van der Waals surface area (Å²) in [6.07, 6.45) is 6.86. The van der Waals surface area contributed by atoms with Gasteiger partial charge in [-0.1, -0.05) is 11.6 Å². The molecule has 1 saturated carbocycles. The van der Waals surface area contributed by atoms with Crippen molar-refractivity contribution in [1.29, 1.82) is 0 Å². The van der Waals surface area contributed by atoms with Crippen molar-refractivity contribution in [3.8, 4) is 5.75 Å². The third-order valence-corrected chi connectivity index (χ3v) is 4.33. The lowest BCUT2D eigenvalue weighted by molar-refractivity contribution is 0.402. The van der Waals surface area contributed by atoms with Gasteiger partial charge in [0.25, 0.3) is 0 Å². The van der Waals surface area contributed by atoms with Gasteiger partial charge < -0.3 is 10.5 Å². The Hall–Kier alpha value is -0.730. The quantitative estimate of drug-likeness (QED) is 0.876. The van der Waals surface area contributed by atoms with Gasteiger partial charge in [-0.15, -0.1) is 0 Å². The molecule has 0 radical (unpaired) electrons. The summed E-state index contributed by atoms with van der Waals surface area (Å²) in [5.41, 5.74) is 10.2. The summed E-state index contributed by atoms with van der Waals surface area (Å²) in [7, 11) is 1.69. The second kappa shape index (κ2) is 3.89. The van der Waals surface area contributed by atoms with Crippen LogP contribution in [-0.4, -0.2) is 7.11 Å². The van der Waals surface area contributed by atoms with E-state index in [9.17, 15) is 0 Å². The van der Waals surface area contributed by atoms with E-state index in [1.54, 1.807) is 7.11 Å². The smallest absolute Gasteiger partial charge is 0.142 e. The largest absolute Gasteiger partial charge is 0.495 e. The van der Waals surface area contributed by atoms with E-state index in [-0.39, 0.29) is 5.54 Å². The Kier molecular flexibility index (Phi) is 2.60. The van der Waals surface area contributed by atoms with Crippen molar-refractivity contribution in [1.82, 2.24) is 0 Å². The van der Waals surface area contributed by atoms with Crippen molar-refractivity contribution >= 4 is 11.6 Å². The third kappa shape index (κ3) is 1.74. The second-order valence-corrected chi connectivity index (χ2v) is 5.67. The predicted octanol–water partition coefficient (Wildman–Crippen LogP) is 3.18. The highest BCUT2D eigenvalue weighted by Gasteiger charge is 2.45. The Morgan fingerprint density at radius 2 is 2.00 bits per heavy atom. The van der Waals surface area contributed by atoms with Gasteiger partial charge in [0.1, 0.15) is 5.75 Å². The highest BCUT2D eigenvalue weighted by atomic mass is 35.5. The van der Waals surface area contributed by atoms with Gasteiger partial charge in [-0.05, 0) is 55.7 Å². The molecule has 0 atom stereocenters. The average Bonchev–Trinajstić information content (AvgIpc) is 3.06. The molecule has 3 heteroatoms. The molecule has 0 unspecified atom stereocenters. The van der Waals surface area contributed by atoms with Crippen LogP contribution in [0.15, 0.2) is 6.07 Å². The van der Waals surface area contributed by atoms with Gasteiger partial charge in [0.15, 0.2) is 0 Å². The maximum atomic E-state index is 6.40. The van der Waals surface area contributed by atoms with E-state index in [0.717, 1.165) is 36.5 Å². The Morgan fingerprint density at radius 1 is 1.29 bits per heavy atom. The van der Waals surface area contributed by atoms with E-state index >= 15 is 0 Å². The number of hydrogen-bond donors (Lipinski definition) is 1. The fourth-order valence-corrected chi connectivity index (χ4v) is 3.26. The molecule has 92 valence electrons. The monoisotopic (exact) mass is 251 g/mol. The molecule has 0 bridgehead atoms. The lowest BCUT2D eigenvalue weighted by Gasteiger charge is -2.26. The van der Waals surface area contributed by atoms with Gasteiger partial charge in [-0.2, -0.15) is 0 Å². The molecule has 2 nitrogen and oxygen atoms in total. The molecule has 1 aromatic rings. The van der Waals surface area contributed by atoms with Crippen LogP contribution in [-0.2, 0) is 18.4 Å². The van der Waals surface area contributed by atoms with Crippen molar-refractivity contribution in [2.75, 3.05) is 7.11 Å². The molecule has 0 aliphatic heterocycles. The van der Waals surface area contributed by atoms with Crippen LogP contribution in [0.25, 0.3) is 0 Å². The van der Waals surface area contributed by atoms with Gasteiger partial charge >= 0.3 is 0 Å². The number of ether oxygens (including phenoxy) is 1. The molecule has 0 amide bonds. The summed E-state index contributed by atoms with van der Waals surface area (Å²) in [6, 6.07) is 2.07. The first-order valence-electron chi connectivity index (χ1n) is 6.33. The maximum Gasteiger partial charge on any atom is 0.142 e. The minimum absolute atomic E-state index is 0.169. The number of methoxy groups -OCH3 is 1. The van der Waals surface area contributed by atoms with E-state index in [1.165, 1.54) is 29.5 Å². The SMILES string of the molecule is COc1c(Cl)cc2c(c1C1(N)CC1)CCCC2. The number of fused-ring (bicyclic) bond motifs is 1. The number of benzene rings is 1. The van der Waals surface area contributed by atoms with Gasteiger partial charge in [0.05, 0.1) is 12.1 Å². The van der Waals surface area contributed by atoms with Gasteiger partial charge in [0, 0.05) is 11.1 Å². The Morgan fingerprint density at radius 3 is 2.65 bits per heavy atom. The Labute approximate surface area is 107 Å². The lowest BCUT2D eigenvalue weighted by atomic mass is 9.84. The average molecular weight is 252 g/mol. The highest BCUT2D eigenvalue weighted by Crippen LogP contribution is 2.51. The molecular weight excluding hydrogens is 234 g/mol. The van der Waals surface area contributed by atoms with E-state index in [2.05, 4.69) is 6.07 Å². The zero-order valence-electron chi connectivity index (χ0n) is 10.2. The summed E-state index contributed by atoms with van der Waals surface area (Å²) in [6.45, 7) is 0. The van der Waals surface area contributed by atoms with Crippen molar-refractivity contribution in [3.05, 3.63) is 27.8 Å². The minimum atomic E-state index is -0.169. The van der Waals surface area contributed by atoms with Gasteiger partial charge in [-0.3, -0.25) is 0 Å². The molecule has 0 aromatic heterocycles. The van der Waals surface area contributed by atoms with Gasteiger partial charge in [-0.25, -0.2) is 0 Å². The fraction of sp³-hybridized carbons (Fsp3) is 0.571. The van der Waals surface area contributed by atoms with E-state index in [0.29, 0.717) is 0 Å². The predicted molar refractivity (Wildman–Crippen MR) is 69.7 cm³/mol. The molecule has 1 aromatic carbocycles. The van der Waals surface area contributed by atoms with Crippen molar-refractivity contribution in [2.24, 2.45) is 5.73 Å². The topological polar surface area (TPSA) is 35.2 Å². The van der Waals surface area contributed by atoms with E-state index in [1.807, 2.05) is 0 Å². The van der Waals surface area contributed by atoms with Crippen LogP contribution in [0.2, 0.25) is 5.02 Å². The number of nitrogens with two attached hydrogens (primary N) is 1. The molecule has 17 heavy (non-hydrogen) atoms. The van der Waals surface area contributed by atoms with Crippen LogP contribution >= 0.6 is 11.6 Å². The van der Waals surface area contributed by atoms with Crippen molar-refractivity contribution < 1.29 is 4.74 Å². The van der Waals surface area contributed by atoms with Crippen LogP contribution in [0.3, 0.4) is 0 Å². The number of hydrogen-bond acceptors (Lipinski definition) is 2. The number of rotatable bonds is 2. The third-order valence-electron chi connectivity index (χ3n) is 4.05. The van der Waals surface area contributed by atoms with E-state index < -0.39 is 0 Å². The zero-order valence-corrected chi connectivity index (χ0v) is 10.9. The van der Waals surface area contributed by atoms with Crippen LogP contribution in [0.5, 0.6) is 5.75 Å². The molecule has 0 heterocycles. The standard InChI is InChI=1S/C14H18ClNO/c1-17-13-11(15)8-9-4-2-3-5-10(9)12(13)14(16)6-7-14/h8H,2-7,16H2,1H3. The van der Waals surface area contributed by atoms with E-state index in [4.69, 9.17) is 22.1 Å². The fourth-order valence-electron chi connectivity index (χ4n) is 2.96. The van der Waals surface area contributed by atoms with Crippen LogP contribution in [0.1, 0.15) is 42.4 Å². The minimum Gasteiger partial charge on any atom is -0.495 e. The van der Waals surface area contributed by atoms with Gasteiger partial charge in [0.2, 0.25) is 0 Å². The molecular formula is C14H18ClNO. The molecule has 1 fully saturated rings. The first-order valence-corrected chi connectivity index (χ1v) is 6.71. The second-order valence-electron chi connectivity index (χ2n) is 5.27. The number of halogens is 1. The van der Waals surface area contributed by atoms with Crippen LogP contribution in [0.4, 0.5) is 0 Å². The zero-order chi connectivity index (χ0) is 12.0. The summed E-state index contributed by atoms with van der Waals surface area (Å²) in [5, 5.41) is 0.722. The lowest BCUT2D eigenvalue weighted by Crippen LogP contribution is -2.24. The molecule has 0 spiro atoms. The first kappa shape index (κ1) is 11.4. The molecule has 0 saturated heterocycles. The summed E-state index contributed by atoms with van der Waals surface area (Å²) < 4.78 is 5.50. The van der Waals surface area contributed by atoms with Crippen LogP contribution < -0.4 is 10.5 Å². The summed E-state index contributed by atoms with van der Waals surface area (Å²) in [5.74, 6) is 0.812. The summed E-state index contributed by atoms with van der Waals surface area (Å²) in [4.78, 5) is 0. The molecule has 2 N–H and O–H groups in total. The highest BCUT2D eigenvalue weighted by molar-refractivity contribution is 6.32. The Balaban J connectivity index is 2.23. The number of aryl methyl sites for hydroxylation is 1. The maximum absolute atomic E-state index is 6.40. The van der Waals surface area contributed by atoms with Crippen molar-refractivity contribution in [3.63, 3.8) is 0 Å².